The molecule has 1 N–H and O–H groups in total. The molecule has 3 heterocycles. The van der Waals surface area contributed by atoms with E-state index in [-0.39, 0.29) is 42.5 Å². The van der Waals surface area contributed by atoms with Crippen LogP contribution in [0.1, 0.15) is 43.1 Å². The van der Waals surface area contributed by atoms with E-state index in [0.717, 1.165) is 18.2 Å². The topological polar surface area (TPSA) is 76.5 Å². The quantitative estimate of drug-likeness (QED) is 0.415. The van der Waals surface area contributed by atoms with Gasteiger partial charge in [-0.3, -0.25) is 4.79 Å². The molecule has 0 aliphatic carbocycles. The lowest BCUT2D eigenvalue weighted by Crippen LogP contribution is -2.54. The largest absolute Gasteiger partial charge is 0.444 e. The lowest BCUT2D eigenvalue weighted by atomic mass is 10.0. The molecule has 4 rings (SSSR count). The van der Waals surface area contributed by atoms with E-state index in [2.05, 4.69) is 10.3 Å². The Balaban J connectivity index is 1.56. The highest BCUT2D eigenvalue weighted by Gasteiger charge is 2.35. The van der Waals surface area contributed by atoms with E-state index in [1.807, 2.05) is 0 Å². The summed E-state index contributed by atoms with van der Waals surface area (Å²) in [4.78, 5) is 30.0. The van der Waals surface area contributed by atoms with Gasteiger partial charge in [-0.25, -0.2) is 22.9 Å². The van der Waals surface area contributed by atoms with Gasteiger partial charge in [0.15, 0.2) is 0 Å². The first-order valence-corrected chi connectivity index (χ1v) is 11.4. The molecule has 36 heavy (non-hydrogen) atoms. The molecule has 1 aromatic carbocycles. The Bertz CT molecular complexity index is 1300. The molecule has 1 aliphatic rings. The predicted octanol–water partition coefficient (Wildman–Crippen LogP) is 4.58. The number of fused-ring (bicyclic) bond motifs is 1. The van der Waals surface area contributed by atoms with Crippen molar-refractivity contribution in [3.63, 3.8) is 0 Å². The van der Waals surface area contributed by atoms with Crippen molar-refractivity contribution in [2.45, 2.75) is 51.6 Å². The van der Waals surface area contributed by atoms with Crippen molar-refractivity contribution in [3.8, 4) is 0 Å². The molecule has 1 fully saturated rings. The van der Waals surface area contributed by atoms with Crippen molar-refractivity contribution >= 4 is 22.9 Å². The smallest absolute Gasteiger partial charge is 0.410 e. The molecule has 2 amide bonds. The monoisotopic (exact) mass is 506 g/mol. The number of ether oxygens (including phenoxy) is 1. The third-order valence-corrected chi connectivity index (χ3v) is 5.82. The van der Waals surface area contributed by atoms with Crippen LogP contribution in [0.2, 0.25) is 0 Å². The van der Waals surface area contributed by atoms with Gasteiger partial charge in [-0.05, 0) is 57.0 Å². The van der Waals surface area contributed by atoms with Gasteiger partial charge in [-0.2, -0.15) is 4.39 Å². The number of carbonyl (C=O) groups is 2. The van der Waals surface area contributed by atoms with E-state index < -0.39 is 47.4 Å². The van der Waals surface area contributed by atoms with Crippen LogP contribution in [0.5, 0.6) is 0 Å². The van der Waals surface area contributed by atoms with Crippen molar-refractivity contribution in [2.24, 2.45) is 0 Å². The highest BCUT2D eigenvalue weighted by molar-refractivity contribution is 6.07. The van der Waals surface area contributed by atoms with Crippen LogP contribution in [0.4, 0.5) is 22.4 Å². The van der Waals surface area contributed by atoms with E-state index in [0.29, 0.717) is 5.56 Å². The van der Waals surface area contributed by atoms with Crippen molar-refractivity contribution in [3.05, 3.63) is 65.4 Å². The molecule has 2 atom stereocenters. The second-order valence-electron chi connectivity index (χ2n) is 9.72. The fraction of sp³-hybridized carbons (Fsp3) is 0.400. The fourth-order valence-electron chi connectivity index (χ4n) is 4.20. The minimum Gasteiger partial charge on any atom is -0.444 e. The zero-order chi connectivity index (χ0) is 26.2. The SMILES string of the molecule is CC(C)(C)OC(=O)N1CC[C@H](NC(=O)c2cn(Cc3ccnc(F)c3)c3c(F)ccc(F)c23)[C@H](F)C1. The minimum atomic E-state index is -1.59. The number of pyridine rings is 1. The van der Waals surface area contributed by atoms with E-state index in [9.17, 15) is 27.2 Å². The number of hydrogen-bond acceptors (Lipinski definition) is 4. The van der Waals surface area contributed by atoms with E-state index in [4.69, 9.17) is 4.74 Å². The molecular formula is C25H26F4N4O3. The number of benzene rings is 1. The normalized spacial score (nSPS) is 18.4. The number of nitrogens with zero attached hydrogens (tertiary/aromatic N) is 3. The van der Waals surface area contributed by atoms with Crippen LogP contribution in [0.3, 0.4) is 0 Å². The summed E-state index contributed by atoms with van der Waals surface area (Å²) in [6.07, 6.45) is 0.366. The first-order valence-electron chi connectivity index (χ1n) is 11.4. The van der Waals surface area contributed by atoms with Gasteiger partial charge in [0.25, 0.3) is 5.91 Å². The van der Waals surface area contributed by atoms with Crippen LogP contribution in [-0.2, 0) is 11.3 Å². The second-order valence-corrected chi connectivity index (χ2v) is 9.72. The number of rotatable bonds is 4. The Morgan fingerprint density at radius 2 is 1.89 bits per heavy atom. The second kappa shape index (κ2) is 9.79. The van der Waals surface area contributed by atoms with Crippen molar-refractivity contribution in [1.29, 1.82) is 0 Å². The zero-order valence-corrected chi connectivity index (χ0v) is 20.0. The van der Waals surface area contributed by atoms with Gasteiger partial charge in [0.2, 0.25) is 5.95 Å². The predicted molar refractivity (Wildman–Crippen MR) is 124 cm³/mol. The Hall–Kier alpha value is -3.63. The molecular weight excluding hydrogens is 480 g/mol. The Morgan fingerprint density at radius 1 is 1.17 bits per heavy atom. The molecule has 2 aromatic heterocycles. The highest BCUT2D eigenvalue weighted by atomic mass is 19.1. The number of likely N-dealkylation sites (tertiary alicyclic amines) is 1. The van der Waals surface area contributed by atoms with Crippen LogP contribution in [0.25, 0.3) is 10.9 Å². The molecule has 0 unspecified atom stereocenters. The van der Waals surface area contributed by atoms with Gasteiger partial charge >= 0.3 is 6.09 Å². The first kappa shape index (κ1) is 25.5. The Morgan fingerprint density at radius 3 is 2.56 bits per heavy atom. The van der Waals surface area contributed by atoms with Crippen LogP contribution < -0.4 is 5.32 Å². The number of carbonyl (C=O) groups excluding carboxylic acids is 2. The van der Waals surface area contributed by atoms with Crippen LogP contribution >= 0.6 is 0 Å². The van der Waals surface area contributed by atoms with Gasteiger partial charge in [0, 0.05) is 25.5 Å². The number of aromatic nitrogens is 2. The standard InChI is InChI=1S/C25H26F4N4O3/c1-25(2,3)36-24(35)32-9-7-19(18(28)13-32)31-23(34)15-12-33(11-14-6-8-30-20(29)10-14)22-17(27)5-4-16(26)21(15)22/h4-6,8,10,12,18-19H,7,9,11,13H2,1-3H3,(H,31,34)/t18-,19+/m1/s1. The maximum Gasteiger partial charge on any atom is 0.410 e. The third-order valence-electron chi connectivity index (χ3n) is 5.82. The summed E-state index contributed by atoms with van der Waals surface area (Å²) in [5, 5.41) is 2.29. The Labute approximate surface area is 205 Å². The molecule has 7 nitrogen and oxygen atoms in total. The molecule has 0 saturated carbocycles. The average molecular weight is 507 g/mol. The minimum absolute atomic E-state index is 0.0520. The summed E-state index contributed by atoms with van der Waals surface area (Å²) < 4.78 is 64.5. The highest BCUT2D eigenvalue weighted by Crippen LogP contribution is 2.28. The van der Waals surface area contributed by atoms with Crippen molar-refractivity contribution in [1.82, 2.24) is 19.8 Å². The number of nitrogens with one attached hydrogen (secondary N) is 1. The van der Waals surface area contributed by atoms with E-state index in [1.54, 1.807) is 20.8 Å². The summed E-state index contributed by atoms with van der Waals surface area (Å²) in [5.74, 6) is -3.12. The Kier molecular flexibility index (Phi) is 6.92. The molecule has 0 bridgehead atoms. The summed E-state index contributed by atoms with van der Waals surface area (Å²) in [6, 6.07) is 3.56. The summed E-state index contributed by atoms with van der Waals surface area (Å²) >= 11 is 0. The maximum atomic E-state index is 14.9. The average Bonchev–Trinajstić information content (AvgIpc) is 3.17. The zero-order valence-electron chi connectivity index (χ0n) is 20.0. The van der Waals surface area contributed by atoms with Crippen molar-refractivity contribution in [2.75, 3.05) is 13.1 Å². The lowest BCUT2D eigenvalue weighted by molar-refractivity contribution is 0.00972. The van der Waals surface area contributed by atoms with Crippen molar-refractivity contribution < 1.29 is 31.9 Å². The number of amides is 2. The molecule has 3 aromatic rings. The fourth-order valence-corrected chi connectivity index (χ4v) is 4.20. The van der Waals surface area contributed by atoms with Crippen LogP contribution in [0, 0.1) is 17.6 Å². The lowest BCUT2D eigenvalue weighted by Gasteiger charge is -2.35. The third kappa shape index (κ3) is 5.44. The summed E-state index contributed by atoms with van der Waals surface area (Å²) in [7, 11) is 0. The van der Waals surface area contributed by atoms with Gasteiger partial charge in [0.05, 0.1) is 29.1 Å². The summed E-state index contributed by atoms with van der Waals surface area (Å²) in [6.45, 7) is 4.93. The van der Waals surface area contributed by atoms with E-state index in [1.165, 1.54) is 27.9 Å². The van der Waals surface area contributed by atoms with Gasteiger partial charge in [-0.1, -0.05) is 0 Å². The molecule has 0 radical (unpaired) electrons. The number of halogens is 4. The number of piperidine rings is 1. The molecule has 192 valence electrons. The molecule has 1 aliphatic heterocycles. The maximum absolute atomic E-state index is 14.9. The summed E-state index contributed by atoms with van der Waals surface area (Å²) in [5.41, 5.74) is -0.663. The van der Waals surface area contributed by atoms with Crippen LogP contribution in [0.15, 0.2) is 36.7 Å². The molecule has 0 spiro atoms. The van der Waals surface area contributed by atoms with Gasteiger partial charge < -0.3 is 19.5 Å². The molecule has 1 saturated heterocycles. The molecule has 11 heteroatoms. The first-order chi connectivity index (χ1) is 16.9. The van der Waals surface area contributed by atoms with Gasteiger partial charge in [0.1, 0.15) is 23.4 Å². The number of alkyl halides is 1. The number of hydrogen-bond donors (Lipinski definition) is 1. The van der Waals surface area contributed by atoms with Crippen LogP contribution in [-0.4, -0.2) is 57.4 Å². The van der Waals surface area contributed by atoms with E-state index >= 15 is 0 Å². The van der Waals surface area contributed by atoms with Gasteiger partial charge in [-0.15, -0.1) is 0 Å².